The van der Waals surface area contributed by atoms with Gasteiger partial charge in [-0.1, -0.05) is 23.7 Å². The minimum Gasteiger partial charge on any atom is -0.397 e. The van der Waals surface area contributed by atoms with Gasteiger partial charge in [0, 0.05) is 6.20 Å². The number of amides is 1. The second kappa shape index (κ2) is 5.51. The first-order chi connectivity index (χ1) is 8.68. The fraction of sp³-hybridized carbons (Fsp3) is 0.0769. The molecular weight excluding hydrogens is 250 g/mol. The largest absolute Gasteiger partial charge is 0.397 e. The predicted octanol–water partition coefficient (Wildman–Crippen LogP) is 2.25. The molecule has 1 amide bonds. The molecule has 3 N–H and O–H groups in total. The summed E-state index contributed by atoms with van der Waals surface area (Å²) in [5.41, 5.74) is 7.19. The third-order valence-electron chi connectivity index (χ3n) is 2.45. The number of nitrogen functional groups attached to an aromatic ring is 1. The van der Waals surface area contributed by atoms with E-state index in [1.807, 2.05) is 18.2 Å². The van der Waals surface area contributed by atoms with E-state index in [-0.39, 0.29) is 11.6 Å². The lowest BCUT2D eigenvalue weighted by Gasteiger charge is -2.08. The maximum Gasteiger partial charge on any atom is 0.253 e. The molecule has 0 aliphatic rings. The van der Waals surface area contributed by atoms with Gasteiger partial charge in [-0.3, -0.25) is 9.78 Å². The summed E-state index contributed by atoms with van der Waals surface area (Å²) >= 11 is 5.86. The summed E-state index contributed by atoms with van der Waals surface area (Å²) in [6.45, 7) is 0.353. The molecule has 2 aromatic rings. The number of carbonyl (C=O) groups is 1. The molecular formula is C13H12ClN3O. The van der Waals surface area contributed by atoms with Crippen LogP contribution in [0.3, 0.4) is 0 Å². The first-order valence-electron chi connectivity index (χ1n) is 5.40. The number of carbonyl (C=O) groups excluding carboxylic acids is 1. The van der Waals surface area contributed by atoms with Crippen molar-refractivity contribution in [3.63, 3.8) is 0 Å². The smallest absolute Gasteiger partial charge is 0.253 e. The molecule has 1 aromatic heterocycles. The molecule has 0 spiro atoms. The van der Waals surface area contributed by atoms with Gasteiger partial charge in [0.2, 0.25) is 0 Å². The first kappa shape index (κ1) is 12.4. The maximum atomic E-state index is 11.9. The number of benzene rings is 1. The molecule has 1 heterocycles. The molecule has 2 rings (SSSR count). The number of para-hydroxylation sites is 1. The molecule has 0 aliphatic carbocycles. The molecule has 92 valence electrons. The van der Waals surface area contributed by atoms with Gasteiger partial charge in [-0.2, -0.15) is 0 Å². The van der Waals surface area contributed by atoms with E-state index < -0.39 is 0 Å². The van der Waals surface area contributed by atoms with Gasteiger partial charge in [0.15, 0.2) is 0 Å². The maximum absolute atomic E-state index is 11.9. The molecule has 0 radical (unpaired) electrons. The van der Waals surface area contributed by atoms with Crippen LogP contribution in [0.25, 0.3) is 0 Å². The number of aromatic nitrogens is 1. The second-order valence-corrected chi connectivity index (χ2v) is 4.11. The average molecular weight is 262 g/mol. The van der Waals surface area contributed by atoms with Crippen LogP contribution in [0.5, 0.6) is 0 Å². The Balaban J connectivity index is 2.07. The van der Waals surface area contributed by atoms with E-state index >= 15 is 0 Å². The Hall–Kier alpha value is -2.07. The highest BCUT2D eigenvalue weighted by atomic mass is 35.5. The van der Waals surface area contributed by atoms with Crippen LogP contribution < -0.4 is 11.1 Å². The van der Waals surface area contributed by atoms with Gasteiger partial charge in [0.05, 0.1) is 28.5 Å². The zero-order valence-electron chi connectivity index (χ0n) is 9.56. The summed E-state index contributed by atoms with van der Waals surface area (Å²) in [4.78, 5) is 16.0. The van der Waals surface area contributed by atoms with E-state index in [0.717, 1.165) is 5.69 Å². The summed E-state index contributed by atoms with van der Waals surface area (Å²) in [5, 5.41) is 3.12. The SMILES string of the molecule is Nc1c(Cl)cccc1C(=O)NCc1ccccn1. The van der Waals surface area contributed by atoms with Crippen molar-refractivity contribution in [2.75, 3.05) is 5.73 Å². The molecule has 0 bridgehead atoms. The number of anilines is 1. The van der Waals surface area contributed by atoms with Gasteiger partial charge in [-0.05, 0) is 24.3 Å². The zero-order valence-corrected chi connectivity index (χ0v) is 10.3. The van der Waals surface area contributed by atoms with E-state index in [1.54, 1.807) is 24.4 Å². The number of hydrogen-bond acceptors (Lipinski definition) is 3. The van der Waals surface area contributed by atoms with Crippen molar-refractivity contribution in [2.24, 2.45) is 0 Å². The number of rotatable bonds is 3. The minimum absolute atomic E-state index is 0.263. The number of nitrogens with two attached hydrogens (primary N) is 1. The summed E-state index contributed by atoms with van der Waals surface area (Å²) in [6, 6.07) is 10.5. The van der Waals surface area contributed by atoms with Crippen LogP contribution in [0.4, 0.5) is 5.69 Å². The topological polar surface area (TPSA) is 68.0 Å². The van der Waals surface area contributed by atoms with Crippen LogP contribution in [0, 0.1) is 0 Å². The quantitative estimate of drug-likeness (QED) is 0.833. The van der Waals surface area contributed by atoms with Crippen molar-refractivity contribution < 1.29 is 4.79 Å². The molecule has 4 nitrogen and oxygen atoms in total. The molecule has 1 aromatic carbocycles. The van der Waals surface area contributed by atoms with E-state index in [1.165, 1.54) is 0 Å². The lowest BCUT2D eigenvalue weighted by molar-refractivity contribution is 0.0951. The summed E-state index contributed by atoms with van der Waals surface area (Å²) in [7, 11) is 0. The molecule has 0 unspecified atom stereocenters. The Morgan fingerprint density at radius 3 is 2.83 bits per heavy atom. The Kier molecular flexibility index (Phi) is 3.79. The Morgan fingerprint density at radius 2 is 2.11 bits per heavy atom. The third kappa shape index (κ3) is 2.78. The molecule has 5 heteroatoms. The monoisotopic (exact) mass is 261 g/mol. The fourth-order valence-electron chi connectivity index (χ4n) is 1.50. The molecule has 18 heavy (non-hydrogen) atoms. The van der Waals surface area contributed by atoms with Crippen molar-refractivity contribution in [3.8, 4) is 0 Å². The minimum atomic E-state index is -0.263. The van der Waals surface area contributed by atoms with Crippen molar-refractivity contribution in [1.29, 1.82) is 0 Å². The van der Waals surface area contributed by atoms with Gasteiger partial charge >= 0.3 is 0 Å². The van der Waals surface area contributed by atoms with Crippen molar-refractivity contribution in [3.05, 3.63) is 58.9 Å². The normalized spacial score (nSPS) is 10.1. The highest BCUT2D eigenvalue weighted by Crippen LogP contribution is 2.22. The first-order valence-corrected chi connectivity index (χ1v) is 5.78. The molecule has 0 saturated carbocycles. The predicted molar refractivity (Wildman–Crippen MR) is 71.3 cm³/mol. The van der Waals surface area contributed by atoms with Crippen LogP contribution in [0.15, 0.2) is 42.6 Å². The molecule has 0 aliphatic heterocycles. The number of nitrogens with zero attached hydrogens (tertiary/aromatic N) is 1. The average Bonchev–Trinajstić information content (AvgIpc) is 2.40. The van der Waals surface area contributed by atoms with Crippen molar-refractivity contribution in [1.82, 2.24) is 10.3 Å². The van der Waals surface area contributed by atoms with E-state index in [0.29, 0.717) is 17.1 Å². The lowest BCUT2D eigenvalue weighted by Crippen LogP contribution is -2.24. The number of nitrogens with one attached hydrogen (secondary N) is 1. The lowest BCUT2D eigenvalue weighted by atomic mass is 10.1. The number of pyridine rings is 1. The van der Waals surface area contributed by atoms with Crippen molar-refractivity contribution in [2.45, 2.75) is 6.54 Å². The van der Waals surface area contributed by atoms with Gasteiger partial charge in [-0.25, -0.2) is 0 Å². The van der Waals surface area contributed by atoms with Crippen LogP contribution >= 0.6 is 11.6 Å². The highest BCUT2D eigenvalue weighted by Gasteiger charge is 2.11. The van der Waals surface area contributed by atoms with E-state index in [2.05, 4.69) is 10.3 Å². The summed E-state index contributed by atoms with van der Waals surface area (Å²) in [6.07, 6.45) is 1.68. The standard InChI is InChI=1S/C13H12ClN3O/c14-11-6-3-5-10(12(11)15)13(18)17-8-9-4-1-2-7-16-9/h1-7H,8,15H2,(H,17,18). The third-order valence-corrected chi connectivity index (χ3v) is 2.78. The molecule has 0 saturated heterocycles. The van der Waals surface area contributed by atoms with Crippen LogP contribution in [0.1, 0.15) is 16.1 Å². The Morgan fingerprint density at radius 1 is 1.28 bits per heavy atom. The van der Waals surface area contributed by atoms with Crippen molar-refractivity contribution >= 4 is 23.2 Å². The number of halogens is 1. The highest BCUT2D eigenvalue weighted by molar-refractivity contribution is 6.33. The fourth-order valence-corrected chi connectivity index (χ4v) is 1.68. The van der Waals surface area contributed by atoms with Crippen LogP contribution in [0.2, 0.25) is 5.02 Å². The second-order valence-electron chi connectivity index (χ2n) is 3.70. The zero-order chi connectivity index (χ0) is 13.0. The summed E-state index contributed by atoms with van der Waals surface area (Å²) < 4.78 is 0. The van der Waals surface area contributed by atoms with Gasteiger partial charge in [0.25, 0.3) is 5.91 Å². The molecule has 0 atom stereocenters. The van der Waals surface area contributed by atoms with Crippen LogP contribution in [-0.4, -0.2) is 10.9 Å². The number of hydrogen-bond donors (Lipinski definition) is 2. The van der Waals surface area contributed by atoms with Gasteiger partial charge < -0.3 is 11.1 Å². The van der Waals surface area contributed by atoms with E-state index in [4.69, 9.17) is 17.3 Å². The van der Waals surface area contributed by atoms with E-state index in [9.17, 15) is 4.79 Å². The van der Waals surface area contributed by atoms with Gasteiger partial charge in [-0.15, -0.1) is 0 Å². The summed E-state index contributed by atoms with van der Waals surface area (Å²) in [5.74, 6) is -0.263. The van der Waals surface area contributed by atoms with Crippen LogP contribution in [-0.2, 0) is 6.54 Å². The Labute approximate surface area is 110 Å². The Bertz CT molecular complexity index is 557. The molecule has 0 fully saturated rings. The van der Waals surface area contributed by atoms with Gasteiger partial charge in [0.1, 0.15) is 0 Å².